The predicted octanol–water partition coefficient (Wildman–Crippen LogP) is 23.0. The number of rotatable bonds is 63. The Bertz CT molecular complexity index is 1170. The van der Waals surface area contributed by atoms with E-state index in [9.17, 15) is 14.7 Å². The van der Waals surface area contributed by atoms with E-state index in [1.165, 1.54) is 308 Å². The van der Waals surface area contributed by atoms with Crippen LogP contribution in [0.5, 0.6) is 0 Å². The zero-order valence-electron chi connectivity index (χ0n) is 50.1. The number of carbonyl (C=O) groups excluding carboxylic acids is 2. The van der Waals surface area contributed by atoms with Gasteiger partial charge in [-0.25, -0.2) is 0 Å². The molecule has 0 saturated carbocycles. The van der Waals surface area contributed by atoms with Gasteiger partial charge in [0.1, 0.15) is 6.61 Å². The Morgan fingerprint density at radius 3 is 0.838 bits per heavy atom. The van der Waals surface area contributed by atoms with Gasteiger partial charge in [0.25, 0.3) is 0 Å². The largest absolute Gasteiger partial charge is 0.462 e. The third-order valence-corrected chi connectivity index (χ3v) is 15.4. The summed E-state index contributed by atoms with van der Waals surface area (Å²) in [6.45, 7) is 4.16. The van der Waals surface area contributed by atoms with Crippen molar-refractivity contribution >= 4 is 11.9 Å². The molecule has 0 radical (unpaired) electrons. The van der Waals surface area contributed by atoms with E-state index < -0.39 is 6.10 Å². The second-order valence-corrected chi connectivity index (χ2v) is 22.9. The Morgan fingerprint density at radius 2 is 0.541 bits per heavy atom. The molecule has 5 nitrogen and oxygen atoms in total. The summed E-state index contributed by atoms with van der Waals surface area (Å²) in [6.07, 6.45) is 86.1. The molecule has 0 aliphatic rings. The third kappa shape index (κ3) is 62.7. The van der Waals surface area contributed by atoms with Crippen LogP contribution in [0.4, 0.5) is 0 Å². The Labute approximate surface area is 463 Å². The standard InChI is InChI=1S/C69H130O5/c1-3-5-7-9-11-13-15-17-19-21-23-24-25-26-27-28-29-30-31-32-33-34-35-36-37-38-39-40-41-42-43-44-46-47-49-51-53-55-57-59-61-63-68(71)73-66-67(65-70)74-69(72)64-62-60-58-56-54-52-50-48-45-22-20-18-16-14-12-10-8-6-4-2/h12,14,18,20-21,23,67,70H,3-11,13,15-17,19,22,24-66H2,1-2H3/b14-12-,20-18-,23-21-. The summed E-state index contributed by atoms with van der Waals surface area (Å²) >= 11 is 0. The Hall–Kier alpha value is -1.88. The van der Waals surface area contributed by atoms with Gasteiger partial charge in [0.15, 0.2) is 6.10 Å². The second kappa shape index (κ2) is 65.4. The topological polar surface area (TPSA) is 72.8 Å². The van der Waals surface area contributed by atoms with E-state index in [0.29, 0.717) is 12.8 Å². The number of hydrogen-bond donors (Lipinski definition) is 1. The van der Waals surface area contributed by atoms with Crippen LogP contribution in [-0.2, 0) is 19.1 Å². The first-order valence-electron chi connectivity index (χ1n) is 33.5. The summed E-state index contributed by atoms with van der Waals surface area (Å²) in [4.78, 5) is 24.6. The van der Waals surface area contributed by atoms with Gasteiger partial charge >= 0.3 is 11.9 Å². The van der Waals surface area contributed by atoms with Gasteiger partial charge in [-0.3, -0.25) is 9.59 Å². The smallest absolute Gasteiger partial charge is 0.306 e. The van der Waals surface area contributed by atoms with E-state index in [2.05, 4.69) is 50.3 Å². The summed E-state index contributed by atoms with van der Waals surface area (Å²) in [5.41, 5.74) is 0. The molecule has 0 rings (SSSR count). The van der Waals surface area contributed by atoms with Crippen LogP contribution in [-0.4, -0.2) is 36.4 Å². The first-order valence-corrected chi connectivity index (χ1v) is 33.5. The fourth-order valence-electron chi connectivity index (χ4n) is 10.4. The minimum atomic E-state index is -0.772. The van der Waals surface area contributed by atoms with E-state index in [1.807, 2.05) is 0 Å². The molecule has 0 aromatic carbocycles. The summed E-state index contributed by atoms with van der Waals surface area (Å²) in [5, 5.41) is 9.67. The zero-order chi connectivity index (χ0) is 53.4. The fraction of sp³-hybridized carbons (Fsp3) is 0.884. The van der Waals surface area contributed by atoms with E-state index in [1.54, 1.807) is 0 Å². The Kier molecular flexibility index (Phi) is 63.7. The maximum Gasteiger partial charge on any atom is 0.306 e. The average molecular weight is 1040 g/mol. The highest BCUT2D eigenvalue weighted by molar-refractivity contribution is 5.70. The van der Waals surface area contributed by atoms with Crippen molar-refractivity contribution in [3.8, 4) is 0 Å². The molecular formula is C69H130O5. The normalized spacial score (nSPS) is 12.3. The number of hydrogen-bond acceptors (Lipinski definition) is 5. The molecule has 1 atom stereocenters. The summed E-state index contributed by atoms with van der Waals surface area (Å²) in [6, 6.07) is 0. The molecule has 0 heterocycles. The maximum atomic E-state index is 12.3. The first kappa shape index (κ1) is 72.1. The lowest BCUT2D eigenvalue weighted by atomic mass is 10.0. The molecule has 0 bridgehead atoms. The van der Waals surface area contributed by atoms with Gasteiger partial charge in [0.05, 0.1) is 6.61 Å². The summed E-state index contributed by atoms with van der Waals surface area (Å²) < 4.78 is 10.7. The number of aliphatic hydroxyl groups is 1. The van der Waals surface area contributed by atoms with Crippen LogP contribution in [0.3, 0.4) is 0 Å². The van der Waals surface area contributed by atoms with Gasteiger partial charge in [-0.2, -0.15) is 0 Å². The highest BCUT2D eigenvalue weighted by Gasteiger charge is 2.16. The first-order chi connectivity index (χ1) is 36.6. The third-order valence-electron chi connectivity index (χ3n) is 15.4. The number of ether oxygens (including phenoxy) is 2. The van der Waals surface area contributed by atoms with Crippen LogP contribution in [0, 0.1) is 0 Å². The van der Waals surface area contributed by atoms with Crippen LogP contribution in [0.15, 0.2) is 36.5 Å². The predicted molar refractivity (Wildman–Crippen MR) is 325 cm³/mol. The molecule has 1 unspecified atom stereocenters. The van der Waals surface area contributed by atoms with Gasteiger partial charge in [-0.15, -0.1) is 0 Å². The molecule has 0 aliphatic heterocycles. The Morgan fingerprint density at radius 1 is 0.311 bits per heavy atom. The molecule has 5 heteroatoms. The molecule has 0 amide bonds. The number of unbranched alkanes of at least 4 members (excludes halogenated alkanes) is 49. The van der Waals surface area contributed by atoms with E-state index >= 15 is 0 Å². The van der Waals surface area contributed by atoms with Crippen molar-refractivity contribution in [2.75, 3.05) is 13.2 Å². The van der Waals surface area contributed by atoms with Crippen molar-refractivity contribution in [3.63, 3.8) is 0 Å². The van der Waals surface area contributed by atoms with Crippen molar-refractivity contribution in [2.45, 2.75) is 380 Å². The van der Waals surface area contributed by atoms with E-state index in [4.69, 9.17) is 9.47 Å². The number of allylic oxidation sites excluding steroid dienone is 6. The molecule has 0 aromatic heterocycles. The second-order valence-electron chi connectivity index (χ2n) is 22.9. The van der Waals surface area contributed by atoms with Gasteiger partial charge in [0.2, 0.25) is 0 Å². The van der Waals surface area contributed by atoms with E-state index in [-0.39, 0.29) is 25.2 Å². The van der Waals surface area contributed by atoms with Gasteiger partial charge in [-0.1, -0.05) is 326 Å². The SMILES string of the molecule is CCCCC/C=C\C/C=C\CCCCCCCCCCCC(=O)OC(CO)COC(=O)CCCCCCCCCCCCCCCCCCCCCCCCCCCCCCC/C=C\CCCCCCCCCC. The number of esters is 2. The highest BCUT2D eigenvalue weighted by atomic mass is 16.6. The van der Waals surface area contributed by atoms with Gasteiger partial charge in [0, 0.05) is 12.8 Å². The molecule has 1 N–H and O–H groups in total. The quantitative estimate of drug-likeness (QED) is 0.0373. The molecule has 0 saturated heterocycles. The van der Waals surface area contributed by atoms with Crippen LogP contribution in [0.1, 0.15) is 373 Å². The molecular weight excluding hydrogens is 909 g/mol. The van der Waals surface area contributed by atoms with Crippen LogP contribution >= 0.6 is 0 Å². The lowest BCUT2D eigenvalue weighted by Crippen LogP contribution is -2.28. The average Bonchev–Trinajstić information content (AvgIpc) is 3.40. The maximum absolute atomic E-state index is 12.3. The molecule has 0 aliphatic carbocycles. The van der Waals surface area contributed by atoms with Crippen LogP contribution in [0.2, 0.25) is 0 Å². The van der Waals surface area contributed by atoms with Crippen molar-refractivity contribution in [1.29, 1.82) is 0 Å². The molecule has 74 heavy (non-hydrogen) atoms. The molecule has 0 fully saturated rings. The summed E-state index contributed by atoms with van der Waals surface area (Å²) in [7, 11) is 0. The Balaban J connectivity index is 3.35. The van der Waals surface area contributed by atoms with E-state index in [0.717, 1.165) is 38.5 Å². The van der Waals surface area contributed by atoms with Crippen LogP contribution < -0.4 is 0 Å². The van der Waals surface area contributed by atoms with Crippen LogP contribution in [0.25, 0.3) is 0 Å². The summed E-state index contributed by atoms with van der Waals surface area (Å²) in [5.74, 6) is -0.577. The van der Waals surface area contributed by atoms with Crippen molar-refractivity contribution in [1.82, 2.24) is 0 Å². The molecule has 0 spiro atoms. The van der Waals surface area contributed by atoms with Gasteiger partial charge in [-0.05, 0) is 70.6 Å². The fourth-order valence-corrected chi connectivity index (χ4v) is 10.4. The molecule has 436 valence electrons. The van der Waals surface area contributed by atoms with Crippen molar-refractivity contribution in [2.24, 2.45) is 0 Å². The van der Waals surface area contributed by atoms with Crippen molar-refractivity contribution in [3.05, 3.63) is 36.5 Å². The minimum Gasteiger partial charge on any atom is -0.462 e. The van der Waals surface area contributed by atoms with Gasteiger partial charge < -0.3 is 14.6 Å². The minimum absolute atomic E-state index is 0.0626. The van der Waals surface area contributed by atoms with Crippen molar-refractivity contribution < 1.29 is 24.2 Å². The molecule has 0 aromatic rings. The number of aliphatic hydroxyl groups excluding tert-OH is 1. The number of carbonyl (C=O) groups is 2. The lowest BCUT2D eigenvalue weighted by molar-refractivity contribution is -0.161. The monoisotopic (exact) mass is 1040 g/mol. The highest BCUT2D eigenvalue weighted by Crippen LogP contribution is 2.18. The zero-order valence-corrected chi connectivity index (χ0v) is 50.1. The lowest BCUT2D eigenvalue weighted by Gasteiger charge is -2.15.